The van der Waals surface area contributed by atoms with Gasteiger partial charge in [-0.3, -0.25) is 4.79 Å². The number of hydrogen-bond donors (Lipinski definition) is 0. The van der Waals surface area contributed by atoms with Gasteiger partial charge in [-0.05, 0) is 44.4 Å². The minimum atomic E-state index is 0.442. The molecule has 1 amide bonds. The van der Waals surface area contributed by atoms with Crippen molar-refractivity contribution in [2.45, 2.75) is 76.7 Å². The van der Waals surface area contributed by atoms with Crippen LogP contribution in [-0.2, 0) is 4.79 Å². The fraction of sp³-hybridized carbons (Fsp3) is 0.938. The van der Waals surface area contributed by atoms with Gasteiger partial charge in [0.25, 0.3) is 0 Å². The molecule has 0 spiro atoms. The molecular formula is C16H28BrNO. The van der Waals surface area contributed by atoms with E-state index in [2.05, 4.69) is 20.8 Å². The fourth-order valence-electron chi connectivity index (χ4n) is 3.69. The Labute approximate surface area is 126 Å². The summed E-state index contributed by atoms with van der Waals surface area (Å²) in [5.41, 5.74) is 0. The number of rotatable bonds is 4. The highest BCUT2D eigenvalue weighted by Gasteiger charge is 2.27. The normalized spacial score (nSPS) is 26.2. The van der Waals surface area contributed by atoms with Crippen LogP contribution >= 0.6 is 15.9 Å². The van der Waals surface area contributed by atoms with Crippen molar-refractivity contribution in [2.24, 2.45) is 5.92 Å². The topological polar surface area (TPSA) is 20.3 Å². The SMILES string of the molecule is O=C(CC1CCCCCC1)N1CCCCC1CCBr. The third-order valence-corrected chi connectivity index (χ3v) is 5.29. The van der Waals surface area contributed by atoms with Gasteiger partial charge >= 0.3 is 0 Å². The standard InChI is InChI=1S/C16H28BrNO/c17-11-10-15-9-5-6-12-18(15)16(19)13-14-7-3-1-2-4-8-14/h14-15H,1-13H2. The van der Waals surface area contributed by atoms with Crippen molar-refractivity contribution in [2.75, 3.05) is 11.9 Å². The van der Waals surface area contributed by atoms with Crippen LogP contribution in [0.4, 0.5) is 0 Å². The molecule has 1 atom stereocenters. The summed E-state index contributed by atoms with van der Waals surface area (Å²) in [6.45, 7) is 1.00. The first-order valence-corrected chi connectivity index (χ1v) is 9.29. The molecule has 2 aliphatic rings. The summed E-state index contributed by atoms with van der Waals surface area (Å²) in [4.78, 5) is 14.8. The molecule has 1 saturated carbocycles. The molecule has 1 heterocycles. The third-order valence-electron chi connectivity index (χ3n) is 4.83. The predicted octanol–water partition coefficient (Wildman–Crippen LogP) is 4.51. The molecule has 0 bridgehead atoms. The Hall–Kier alpha value is -0.0500. The first-order chi connectivity index (χ1) is 9.31. The van der Waals surface area contributed by atoms with E-state index in [1.807, 2.05) is 0 Å². The Morgan fingerprint density at radius 2 is 1.68 bits per heavy atom. The molecule has 0 radical (unpaired) electrons. The molecule has 2 fully saturated rings. The summed E-state index contributed by atoms with van der Waals surface area (Å²) in [6.07, 6.45) is 13.6. The number of likely N-dealkylation sites (tertiary alicyclic amines) is 1. The molecule has 2 nitrogen and oxygen atoms in total. The van der Waals surface area contributed by atoms with E-state index in [-0.39, 0.29) is 0 Å². The lowest BCUT2D eigenvalue weighted by Gasteiger charge is -2.36. The van der Waals surface area contributed by atoms with Crippen LogP contribution in [0.1, 0.15) is 70.6 Å². The largest absolute Gasteiger partial charge is 0.340 e. The van der Waals surface area contributed by atoms with Gasteiger partial charge in [0.05, 0.1) is 0 Å². The van der Waals surface area contributed by atoms with E-state index in [0.717, 1.165) is 24.7 Å². The van der Waals surface area contributed by atoms with E-state index in [9.17, 15) is 4.79 Å². The second kappa shape index (κ2) is 8.28. The number of nitrogens with zero attached hydrogens (tertiary/aromatic N) is 1. The van der Waals surface area contributed by atoms with Crippen molar-refractivity contribution in [1.82, 2.24) is 4.90 Å². The second-order valence-corrected chi connectivity index (χ2v) is 7.07. The highest BCUT2D eigenvalue weighted by Crippen LogP contribution is 2.28. The van der Waals surface area contributed by atoms with E-state index in [0.29, 0.717) is 17.9 Å². The van der Waals surface area contributed by atoms with Crippen molar-refractivity contribution < 1.29 is 4.79 Å². The highest BCUT2D eigenvalue weighted by molar-refractivity contribution is 9.09. The average Bonchev–Trinajstić information content (AvgIpc) is 2.68. The van der Waals surface area contributed by atoms with E-state index >= 15 is 0 Å². The van der Waals surface area contributed by atoms with Crippen LogP contribution in [0.25, 0.3) is 0 Å². The maximum absolute atomic E-state index is 12.6. The molecule has 1 unspecified atom stereocenters. The van der Waals surface area contributed by atoms with Crippen LogP contribution in [0.5, 0.6) is 0 Å². The zero-order valence-corrected chi connectivity index (χ0v) is 13.7. The molecule has 0 aromatic rings. The Balaban J connectivity index is 1.85. The fourth-order valence-corrected chi connectivity index (χ4v) is 4.22. The number of carbonyl (C=O) groups excluding carboxylic acids is 1. The van der Waals surface area contributed by atoms with Crippen LogP contribution in [0, 0.1) is 5.92 Å². The molecule has 1 aliphatic heterocycles. The van der Waals surface area contributed by atoms with Gasteiger partial charge in [-0.25, -0.2) is 0 Å². The molecule has 0 aromatic heterocycles. The zero-order chi connectivity index (χ0) is 13.5. The maximum Gasteiger partial charge on any atom is 0.223 e. The quantitative estimate of drug-likeness (QED) is 0.548. The molecule has 0 aromatic carbocycles. The molecule has 3 heteroatoms. The van der Waals surface area contributed by atoms with Crippen LogP contribution in [0.2, 0.25) is 0 Å². The van der Waals surface area contributed by atoms with Gasteiger partial charge in [0, 0.05) is 24.3 Å². The smallest absolute Gasteiger partial charge is 0.223 e. The minimum absolute atomic E-state index is 0.442. The van der Waals surface area contributed by atoms with Crippen molar-refractivity contribution in [1.29, 1.82) is 0 Å². The molecule has 0 N–H and O–H groups in total. The van der Waals surface area contributed by atoms with Crippen molar-refractivity contribution in [3.8, 4) is 0 Å². The molecule has 1 aliphatic carbocycles. The Morgan fingerprint density at radius 3 is 2.37 bits per heavy atom. The summed E-state index contributed by atoms with van der Waals surface area (Å²) in [7, 11) is 0. The predicted molar refractivity (Wildman–Crippen MR) is 83.6 cm³/mol. The summed E-state index contributed by atoms with van der Waals surface area (Å²) < 4.78 is 0. The second-order valence-electron chi connectivity index (χ2n) is 6.28. The molecule has 1 saturated heterocycles. The number of piperidine rings is 1. The van der Waals surface area contributed by atoms with Crippen LogP contribution < -0.4 is 0 Å². The van der Waals surface area contributed by atoms with Gasteiger partial charge in [0.1, 0.15) is 0 Å². The molecule has 110 valence electrons. The first kappa shape index (κ1) is 15.3. The number of alkyl halides is 1. The van der Waals surface area contributed by atoms with Gasteiger partial charge < -0.3 is 4.90 Å². The summed E-state index contributed by atoms with van der Waals surface area (Å²) in [5, 5.41) is 1.02. The zero-order valence-electron chi connectivity index (χ0n) is 12.1. The first-order valence-electron chi connectivity index (χ1n) is 8.16. The van der Waals surface area contributed by atoms with Gasteiger partial charge in [-0.2, -0.15) is 0 Å². The van der Waals surface area contributed by atoms with Crippen LogP contribution in [-0.4, -0.2) is 28.7 Å². The van der Waals surface area contributed by atoms with Gasteiger partial charge in [-0.15, -0.1) is 0 Å². The van der Waals surface area contributed by atoms with Gasteiger partial charge in [-0.1, -0.05) is 41.6 Å². The molecule has 2 rings (SSSR count). The molecular weight excluding hydrogens is 302 g/mol. The minimum Gasteiger partial charge on any atom is -0.340 e. The van der Waals surface area contributed by atoms with E-state index in [1.54, 1.807) is 0 Å². The molecule has 19 heavy (non-hydrogen) atoms. The van der Waals surface area contributed by atoms with Gasteiger partial charge in [0.2, 0.25) is 5.91 Å². The lowest BCUT2D eigenvalue weighted by atomic mass is 9.93. The third kappa shape index (κ3) is 4.77. The average molecular weight is 330 g/mol. The van der Waals surface area contributed by atoms with Crippen molar-refractivity contribution in [3.05, 3.63) is 0 Å². The van der Waals surface area contributed by atoms with Crippen LogP contribution in [0.3, 0.4) is 0 Å². The number of halogens is 1. The lowest BCUT2D eigenvalue weighted by Crippen LogP contribution is -2.44. The monoisotopic (exact) mass is 329 g/mol. The highest BCUT2D eigenvalue weighted by atomic mass is 79.9. The lowest BCUT2D eigenvalue weighted by molar-refractivity contribution is -0.136. The maximum atomic E-state index is 12.6. The van der Waals surface area contributed by atoms with Gasteiger partial charge in [0.15, 0.2) is 0 Å². The van der Waals surface area contributed by atoms with Crippen molar-refractivity contribution >= 4 is 21.8 Å². The van der Waals surface area contributed by atoms with E-state index in [1.165, 1.54) is 57.8 Å². The van der Waals surface area contributed by atoms with E-state index < -0.39 is 0 Å². The van der Waals surface area contributed by atoms with E-state index in [4.69, 9.17) is 0 Å². The number of carbonyl (C=O) groups is 1. The number of hydrogen-bond acceptors (Lipinski definition) is 1. The Kier molecular flexibility index (Phi) is 6.69. The Morgan fingerprint density at radius 1 is 1.00 bits per heavy atom. The number of amides is 1. The summed E-state index contributed by atoms with van der Waals surface area (Å²) >= 11 is 3.53. The van der Waals surface area contributed by atoms with Crippen LogP contribution in [0.15, 0.2) is 0 Å². The van der Waals surface area contributed by atoms with Crippen molar-refractivity contribution in [3.63, 3.8) is 0 Å². The summed E-state index contributed by atoms with van der Waals surface area (Å²) in [6, 6.07) is 0.506. The Bertz CT molecular complexity index is 272. The summed E-state index contributed by atoms with van der Waals surface area (Å²) in [5.74, 6) is 1.11.